The molecule has 0 aliphatic heterocycles. The fourth-order valence-corrected chi connectivity index (χ4v) is 4.69. The van der Waals surface area contributed by atoms with Gasteiger partial charge in [0.2, 0.25) is 10.0 Å². The second kappa shape index (κ2) is 13.6. The highest BCUT2D eigenvalue weighted by atomic mass is 32.2. The molecule has 0 aliphatic carbocycles. The first kappa shape index (κ1) is 29.9. The van der Waals surface area contributed by atoms with Crippen molar-refractivity contribution in [3.05, 3.63) is 125 Å². The van der Waals surface area contributed by atoms with Crippen LogP contribution in [-0.4, -0.2) is 39.3 Å². The summed E-state index contributed by atoms with van der Waals surface area (Å²) < 4.78 is 44.6. The highest BCUT2D eigenvalue weighted by Gasteiger charge is 2.18. The average molecular weight is 589 g/mol. The van der Waals surface area contributed by atoms with Crippen LogP contribution in [0.25, 0.3) is 0 Å². The van der Waals surface area contributed by atoms with Gasteiger partial charge in [-0.1, -0.05) is 29.8 Å². The van der Waals surface area contributed by atoms with Gasteiger partial charge in [-0.15, -0.1) is 0 Å². The zero-order valence-electron chi connectivity index (χ0n) is 23.0. The Morgan fingerprint density at radius 3 is 2.17 bits per heavy atom. The van der Waals surface area contributed by atoms with E-state index in [9.17, 15) is 22.4 Å². The largest absolute Gasteiger partial charge is 0.484 e. The van der Waals surface area contributed by atoms with Gasteiger partial charge in [0.25, 0.3) is 11.8 Å². The minimum atomic E-state index is -3.56. The number of halogens is 1. The molecule has 4 rings (SSSR count). The standard InChI is InChI=1S/C31H29FN4O5S/c1-22-3-5-24(6-4-22)20-36(42(2,39)40)28-15-9-25(10-16-28)31(38)35-33-19-23-7-17-29(18-8-23)41-21-30(37)34-27-13-11-26(32)12-14-27/h3-19H,20-21H2,1-2H3,(H,34,37)(H,35,38)/b33-19-. The van der Waals surface area contributed by atoms with Crippen molar-refractivity contribution in [2.75, 3.05) is 22.5 Å². The molecule has 0 bridgehead atoms. The molecule has 0 spiro atoms. The molecule has 0 saturated heterocycles. The SMILES string of the molecule is Cc1ccc(CN(c2ccc(C(=O)N/N=C\c3ccc(OCC(=O)Nc4ccc(F)cc4)cc3)cc2)S(C)(=O)=O)cc1. The number of amides is 2. The molecule has 0 aromatic heterocycles. The number of anilines is 2. The van der Waals surface area contributed by atoms with E-state index in [1.807, 2.05) is 31.2 Å². The molecule has 2 N–H and O–H groups in total. The highest BCUT2D eigenvalue weighted by Crippen LogP contribution is 2.22. The van der Waals surface area contributed by atoms with Crippen LogP contribution in [0, 0.1) is 12.7 Å². The molecule has 4 aromatic carbocycles. The van der Waals surface area contributed by atoms with E-state index in [1.165, 1.54) is 46.9 Å². The van der Waals surface area contributed by atoms with Crippen LogP contribution in [-0.2, 0) is 21.4 Å². The number of benzene rings is 4. The Kier molecular flexibility index (Phi) is 9.66. The van der Waals surface area contributed by atoms with Crippen LogP contribution in [0.15, 0.2) is 102 Å². The van der Waals surface area contributed by atoms with Crippen LogP contribution in [0.1, 0.15) is 27.0 Å². The number of aryl methyl sites for hydroxylation is 1. The maximum atomic E-state index is 13.0. The van der Waals surface area contributed by atoms with Crippen LogP contribution in [0.3, 0.4) is 0 Å². The Morgan fingerprint density at radius 1 is 0.905 bits per heavy atom. The normalized spacial score (nSPS) is 11.2. The molecule has 2 amide bonds. The van der Waals surface area contributed by atoms with E-state index in [1.54, 1.807) is 36.4 Å². The lowest BCUT2D eigenvalue weighted by molar-refractivity contribution is -0.118. The number of rotatable bonds is 11. The maximum Gasteiger partial charge on any atom is 0.271 e. The molecule has 0 fully saturated rings. The second-order valence-corrected chi connectivity index (χ2v) is 11.3. The summed E-state index contributed by atoms with van der Waals surface area (Å²) in [5, 5.41) is 6.58. The zero-order valence-corrected chi connectivity index (χ0v) is 23.8. The summed E-state index contributed by atoms with van der Waals surface area (Å²) >= 11 is 0. The predicted molar refractivity (Wildman–Crippen MR) is 161 cm³/mol. The van der Waals surface area contributed by atoms with Gasteiger partial charge in [0.1, 0.15) is 11.6 Å². The molecule has 0 atom stereocenters. The van der Waals surface area contributed by atoms with Crippen molar-refractivity contribution >= 4 is 39.4 Å². The first-order valence-electron chi connectivity index (χ1n) is 12.8. The molecule has 4 aromatic rings. The molecular formula is C31H29FN4O5S. The highest BCUT2D eigenvalue weighted by molar-refractivity contribution is 7.92. The van der Waals surface area contributed by atoms with Crippen LogP contribution in [0.5, 0.6) is 5.75 Å². The Balaban J connectivity index is 1.28. The number of hydrogen-bond donors (Lipinski definition) is 2. The lowest BCUT2D eigenvalue weighted by Crippen LogP contribution is -2.29. The third-order valence-electron chi connectivity index (χ3n) is 6.02. The topological polar surface area (TPSA) is 117 Å². The van der Waals surface area contributed by atoms with Crippen molar-refractivity contribution < 1.29 is 27.1 Å². The summed E-state index contributed by atoms with van der Waals surface area (Å²) in [7, 11) is -3.56. The second-order valence-electron chi connectivity index (χ2n) is 9.41. The molecule has 0 unspecified atom stereocenters. The molecule has 0 radical (unpaired) electrons. The minimum absolute atomic E-state index is 0.169. The van der Waals surface area contributed by atoms with Crippen molar-refractivity contribution in [2.45, 2.75) is 13.5 Å². The minimum Gasteiger partial charge on any atom is -0.484 e. The van der Waals surface area contributed by atoms with Gasteiger partial charge in [0, 0.05) is 11.3 Å². The van der Waals surface area contributed by atoms with Crippen molar-refractivity contribution in [2.24, 2.45) is 5.10 Å². The lowest BCUT2D eigenvalue weighted by atomic mass is 10.1. The van der Waals surface area contributed by atoms with Gasteiger partial charge in [0.05, 0.1) is 24.7 Å². The molecular weight excluding hydrogens is 559 g/mol. The summed E-state index contributed by atoms with van der Waals surface area (Å²) in [6, 6.07) is 25.9. The van der Waals surface area contributed by atoms with Gasteiger partial charge < -0.3 is 10.1 Å². The van der Waals surface area contributed by atoms with Crippen LogP contribution in [0.4, 0.5) is 15.8 Å². The van der Waals surface area contributed by atoms with E-state index in [2.05, 4.69) is 15.8 Å². The van der Waals surface area contributed by atoms with E-state index < -0.39 is 27.7 Å². The van der Waals surface area contributed by atoms with E-state index in [0.29, 0.717) is 28.3 Å². The number of sulfonamides is 1. The van der Waals surface area contributed by atoms with E-state index in [4.69, 9.17) is 4.74 Å². The van der Waals surface area contributed by atoms with Crippen molar-refractivity contribution in [1.82, 2.24) is 5.43 Å². The summed E-state index contributed by atoms with van der Waals surface area (Å²) in [5.74, 6) is -0.794. The Labute approximate surface area is 243 Å². The van der Waals surface area contributed by atoms with Crippen LogP contribution in [0.2, 0.25) is 0 Å². The van der Waals surface area contributed by atoms with Crippen molar-refractivity contribution in [3.8, 4) is 5.75 Å². The monoisotopic (exact) mass is 588 g/mol. The van der Waals surface area contributed by atoms with Gasteiger partial charge in [-0.2, -0.15) is 5.10 Å². The molecule has 42 heavy (non-hydrogen) atoms. The van der Waals surface area contributed by atoms with Gasteiger partial charge >= 0.3 is 0 Å². The summed E-state index contributed by atoms with van der Waals surface area (Å²) in [5.41, 5.74) is 6.25. The summed E-state index contributed by atoms with van der Waals surface area (Å²) in [4.78, 5) is 24.6. The molecule has 0 aliphatic rings. The molecule has 0 saturated carbocycles. The van der Waals surface area contributed by atoms with Crippen molar-refractivity contribution in [1.29, 1.82) is 0 Å². The Hall–Kier alpha value is -5.03. The number of carbonyl (C=O) groups is 2. The first-order valence-corrected chi connectivity index (χ1v) is 14.7. The van der Waals surface area contributed by atoms with Gasteiger partial charge in [-0.3, -0.25) is 13.9 Å². The Morgan fingerprint density at radius 2 is 1.55 bits per heavy atom. The van der Waals surface area contributed by atoms with E-state index >= 15 is 0 Å². The maximum absolute atomic E-state index is 13.0. The first-order chi connectivity index (χ1) is 20.1. The Bertz CT molecular complexity index is 1660. The van der Waals surface area contributed by atoms with Crippen LogP contribution >= 0.6 is 0 Å². The molecule has 9 nitrogen and oxygen atoms in total. The van der Waals surface area contributed by atoms with Crippen molar-refractivity contribution in [3.63, 3.8) is 0 Å². The van der Waals surface area contributed by atoms with Gasteiger partial charge in [-0.05, 0) is 90.8 Å². The quantitative estimate of drug-likeness (QED) is 0.191. The fraction of sp³-hybridized carbons (Fsp3) is 0.129. The lowest BCUT2D eigenvalue weighted by Gasteiger charge is -2.22. The fourth-order valence-electron chi connectivity index (χ4n) is 3.80. The number of carbonyl (C=O) groups excluding carboxylic acids is 2. The van der Waals surface area contributed by atoms with Crippen LogP contribution < -0.4 is 19.8 Å². The summed E-state index contributed by atoms with van der Waals surface area (Å²) in [6.45, 7) is 1.90. The smallest absolute Gasteiger partial charge is 0.271 e. The zero-order chi connectivity index (χ0) is 30.1. The molecule has 0 heterocycles. The number of hydrazone groups is 1. The third kappa shape index (κ3) is 8.73. The number of nitrogens with one attached hydrogen (secondary N) is 2. The predicted octanol–water partition coefficient (Wildman–Crippen LogP) is 4.88. The van der Waals surface area contributed by atoms with E-state index in [-0.39, 0.29) is 13.2 Å². The molecule has 216 valence electrons. The van der Waals surface area contributed by atoms with E-state index in [0.717, 1.165) is 17.4 Å². The van der Waals surface area contributed by atoms with Gasteiger partial charge in [-0.25, -0.2) is 18.2 Å². The summed E-state index contributed by atoms with van der Waals surface area (Å²) in [6.07, 6.45) is 2.59. The molecule has 11 heteroatoms. The average Bonchev–Trinajstić information content (AvgIpc) is 2.97. The number of hydrogen-bond acceptors (Lipinski definition) is 6. The number of ether oxygens (including phenoxy) is 1. The third-order valence-corrected chi connectivity index (χ3v) is 7.16. The van der Waals surface area contributed by atoms with Gasteiger partial charge in [0.15, 0.2) is 6.61 Å². The number of nitrogens with zero attached hydrogens (tertiary/aromatic N) is 2.